The molecule has 0 radical (unpaired) electrons. The van der Waals surface area contributed by atoms with Crippen LogP contribution in [-0.2, 0) is 0 Å². The van der Waals surface area contributed by atoms with E-state index in [0.29, 0.717) is 0 Å². The molecule has 0 aliphatic carbocycles. The van der Waals surface area contributed by atoms with Gasteiger partial charge in [0.2, 0.25) is 34.1 Å². The zero-order valence-electron chi connectivity index (χ0n) is 8.40. The first-order valence-electron chi connectivity index (χ1n) is 4.25. The predicted molar refractivity (Wildman–Crippen MR) is 61.4 cm³/mol. The average molecular weight is 252 g/mol. The van der Waals surface area contributed by atoms with Crippen molar-refractivity contribution in [2.24, 2.45) is 0 Å². The maximum absolute atomic E-state index is 5.41. The number of hydrogen-bond acceptors (Lipinski definition) is 11. The van der Waals surface area contributed by atoms with Crippen molar-refractivity contribution < 1.29 is 0 Å². The van der Waals surface area contributed by atoms with Crippen LogP contribution in [0, 0.1) is 0 Å². The monoisotopic (exact) mass is 252 g/mol. The molecule has 0 aliphatic heterocycles. The largest absolute Gasteiger partial charge is 0.368 e. The van der Waals surface area contributed by atoms with Gasteiger partial charge in [-0.1, -0.05) is 0 Å². The highest BCUT2D eigenvalue weighted by atomic mass is 32.2. The summed E-state index contributed by atoms with van der Waals surface area (Å²) in [5, 5.41) is 0.500. The molecule has 10 nitrogen and oxygen atoms in total. The zero-order chi connectivity index (χ0) is 12.4. The highest BCUT2D eigenvalue weighted by molar-refractivity contribution is 7.99. The van der Waals surface area contributed by atoms with E-state index in [9.17, 15) is 0 Å². The average Bonchev–Trinajstić information content (AvgIpc) is 2.13. The molecule has 17 heavy (non-hydrogen) atoms. The van der Waals surface area contributed by atoms with Crippen LogP contribution in [0.1, 0.15) is 0 Å². The van der Waals surface area contributed by atoms with E-state index in [1.807, 2.05) is 0 Å². The summed E-state index contributed by atoms with van der Waals surface area (Å²) in [4.78, 5) is 22.6. The Morgan fingerprint density at radius 1 is 0.529 bits per heavy atom. The fourth-order valence-corrected chi connectivity index (χ4v) is 1.67. The van der Waals surface area contributed by atoms with Crippen molar-refractivity contribution in [1.82, 2.24) is 29.9 Å². The fraction of sp³-hybridized carbons (Fsp3) is 0. The second-order valence-corrected chi connectivity index (χ2v) is 3.71. The molecule has 0 aliphatic rings. The Morgan fingerprint density at radius 2 is 0.824 bits per heavy atom. The van der Waals surface area contributed by atoms with Gasteiger partial charge in [0.05, 0.1) is 0 Å². The van der Waals surface area contributed by atoms with Crippen LogP contribution in [0.2, 0.25) is 0 Å². The van der Waals surface area contributed by atoms with Crippen LogP contribution in [0.3, 0.4) is 0 Å². The van der Waals surface area contributed by atoms with E-state index >= 15 is 0 Å². The van der Waals surface area contributed by atoms with Crippen LogP contribution in [0.25, 0.3) is 0 Å². The van der Waals surface area contributed by atoms with Crippen molar-refractivity contribution >= 4 is 35.6 Å². The Balaban J connectivity index is 2.31. The highest BCUT2D eigenvalue weighted by Gasteiger charge is 2.08. The molecule has 2 heterocycles. The summed E-state index contributed by atoms with van der Waals surface area (Å²) in [6.45, 7) is 0. The van der Waals surface area contributed by atoms with E-state index < -0.39 is 0 Å². The molecule has 0 aromatic carbocycles. The van der Waals surface area contributed by atoms with Gasteiger partial charge in [0.1, 0.15) is 0 Å². The van der Waals surface area contributed by atoms with Crippen molar-refractivity contribution in [3.05, 3.63) is 0 Å². The van der Waals surface area contributed by atoms with E-state index in [1.54, 1.807) is 0 Å². The van der Waals surface area contributed by atoms with Crippen LogP contribution in [-0.4, -0.2) is 29.9 Å². The molecule has 0 saturated heterocycles. The van der Waals surface area contributed by atoms with Gasteiger partial charge < -0.3 is 22.9 Å². The summed E-state index contributed by atoms with van der Waals surface area (Å²) in [7, 11) is 0. The molecule has 88 valence electrons. The van der Waals surface area contributed by atoms with E-state index in [-0.39, 0.29) is 34.1 Å². The summed E-state index contributed by atoms with van der Waals surface area (Å²) < 4.78 is 0. The number of aromatic nitrogens is 6. The summed E-state index contributed by atoms with van der Waals surface area (Å²) in [6, 6.07) is 0. The number of anilines is 4. The van der Waals surface area contributed by atoms with Gasteiger partial charge in [0.15, 0.2) is 0 Å². The lowest BCUT2D eigenvalue weighted by molar-refractivity contribution is 0.896. The molecule has 0 atom stereocenters. The third kappa shape index (κ3) is 2.78. The van der Waals surface area contributed by atoms with Crippen LogP contribution in [0.5, 0.6) is 0 Å². The normalized spacial score (nSPS) is 10.4. The van der Waals surface area contributed by atoms with E-state index in [2.05, 4.69) is 29.9 Å². The first-order chi connectivity index (χ1) is 8.02. The molecule has 0 spiro atoms. The lowest BCUT2D eigenvalue weighted by Crippen LogP contribution is -2.06. The number of nitrogens with zero attached hydrogens (tertiary/aromatic N) is 6. The maximum Gasteiger partial charge on any atom is 0.225 e. The topological polar surface area (TPSA) is 181 Å². The Kier molecular flexibility index (Phi) is 2.74. The lowest BCUT2D eigenvalue weighted by atomic mass is 10.9. The molecule has 0 saturated carbocycles. The van der Waals surface area contributed by atoms with Crippen LogP contribution in [0.4, 0.5) is 23.8 Å². The molecule has 0 bridgehead atoms. The summed E-state index contributed by atoms with van der Waals surface area (Å²) in [5.41, 5.74) is 21.7. The molecule has 0 unspecified atom stereocenters. The van der Waals surface area contributed by atoms with Crippen LogP contribution in [0.15, 0.2) is 10.3 Å². The summed E-state index contributed by atoms with van der Waals surface area (Å²) in [5.74, 6) is 0.0370. The molecule has 2 rings (SSSR count). The maximum atomic E-state index is 5.41. The summed E-state index contributed by atoms with van der Waals surface area (Å²) >= 11 is 1.000. The highest BCUT2D eigenvalue weighted by Crippen LogP contribution is 2.22. The van der Waals surface area contributed by atoms with Gasteiger partial charge in [0.25, 0.3) is 0 Å². The van der Waals surface area contributed by atoms with Gasteiger partial charge in [-0.15, -0.1) is 0 Å². The Labute approximate surface area is 99.3 Å². The van der Waals surface area contributed by atoms with E-state index in [0.717, 1.165) is 11.8 Å². The van der Waals surface area contributed by atoms with Crippen LogP contribution < -0.4 is 22.9 Å². The molecular weight excluding hydrogens is 244 g/mol. The Hall–Kier alpha value is -2.43. The second-order valence-electron chi connectivity index (χ2n) is 2.77. The smallest absolute Gasteiger partial charge is 0.225 e. The SMILES string of the molecule is Nc1nc(N)nc(Sc2nc(N)nc(N)n2)n1. The molecular formula is C6H8N10S. The Bertz CT molecular complexity index is 466. The number of rotatable bonds is 2. The first kappa shape index (κ1) is 11.1. The van der Waals surface area contributed by atoms with E-state index in [4.69, 9.17) is 22.9 Å². The quantitative estimate of drug-likeness (QED) is 0.489. The molecule has 0 amide bonds. The van der Waals surface area contributed by atoms with Crippen molar-refractivity contribution in [3.63, 3.8) is 0 Å². The summed E-state index contributed by atoms with van der Waals surface area (Å²) in [6.07, 6.45) is 0. The van der Waals surface area contributed by atoms with Gasteiger partial charge in [-0.25, -0.2) is 0 Å². The zero-order valence-corrected chi connectivity index (χ0v) is 9.22. The molecule has 11 heteroatoms. The van der Waals surface area contributed by atoms with Crippen molar-refractivity contribution in [2.75, 3.05) is 22.9 Å². The van der Waals surface area contributed by atoms with Gasteiger partial charge in [0, 0.05) is 0 Å². The van der Waals surface area contributed by atoms with Gasteiger partial charge in [-0.05, 0) is 11.8 Å². The molecule has 2 aromatic rings. The standard InChI is InChI=1S/C6H8N10S/c7-1-11-2(8)14-5(13-1)17-6-15-3(9)12-4(10)16-6/h(H4,7,8,11,13,14)(H4,9,10,12,15,16). The molecule has 2 aromatic heterocycles. The lowest BCUT2D eigenvalue weighted by Gasteiger charge is -2.01. The van der Waals surface area contributed by atoms with Gasteiger partial charge >= 0.3 is 0 Å². The first-order valence-corrected chi connectivity index (χ1v) is 5.06. The minimum absolute atomic E-state index is 0.00926. The van der Waals surface area contributed by atoms with Gasteiger partial charge in [-0.3, -0.25) is 0 Å². The molecule has 0 fully saturated rings. The number of nitrogens with two attached hydrogens (primary N) is 4. The van der Waals surface area contributed by atoms with Crippen molar-refractivity contribution in [1.29, 1.82) is 0 Å². The number of hydrogen-bond donors (Lipinski definition) is 4. The minimum atomic E-state index is 0.00926. The van der Waals surface area contributed by atoms with Crippen molar-refractivity contribution in [3.8, 4) is 0 Å². The fourth-order valence-electron chi connectivity index (χ4n) is 0.950. The third-order valence-electron chi connectivity index (χ3n) is 1.48. The second kappa shape index (κ2) is 4.21. The Morgan fingerprint density at radius 3 is 1.12 bits per heavy atom. The third-order valence-corrected chi connectivity index (χ3v) is 2.21. The van der Waals surface area contributed by atoms with E-state index in [1.165, 1.54) is 0 Å². The minimum Gasteiger partial charge on any atom is -0.368 e. The van der Waals surface area contributed by atoms with Gasteiger partial charge in [-0.2, -0.15) is 29.9 Å². The van der Waals surface area contributed by atoms with Crippen LogP contribution >= 0.6 is 11.8 Å². The van der Waals surface area contributed by atoms with Crippen molar-refractivity contribution in [2.45, 2.75) is 10.3 Å². The number of nitrogen functional groups attached to an aromatic ring is 4. The predicted octanol–water partition coefficient (Wildman–Crippen LogP) is -1.46. The molecule has 8 N–H and O–H groups in total.